The Morgan fingerprint density at radius 2 is 1.64 bits per heavy atom. The van der Waals surface area contributed by atoms with Crippen molar-refractivity contribution in [2.45, 2.75) is 26.9 Å². The number of nitrogens with zero attached hydrogens (tertiary/aromatic N) is 2. The summed E-state index contributed by atoms with van der Waals surface area (Å²) >= 11 is 0. The fourth-order valence-corrected chi connectivity index (χ4v) is 4.92. The molecule has 3 aromatic carbocycles. The highest BCUT2D eigenvalue weighted by Crippen LogP contribution is 2.43. The first-order chi connectivity index (χ1) is 13.5. The zero-order chi connectivity index (χ0) is 19.3. The maximum atomic E-state index is 13.2. The minimum atomic E-state index is 0.213. The van der Waals surface area contributed by atoms with Gasteiger partial charge in [-0.2, -0.15) is 0 Å². The van der Waals surface area contributed by atoms with Gasteiger partial charge in [-0.25, -0.2) is 0 Å². The van der Waals surface area contributed by atoms with E-state index in [0.717, 1.165) is 25.3 Å². The zero-order valence-electron chi connectivity index (χ0n) is 16.5. The summed E-state index contributed by atoms with van der Waals surface area (Å²) in [6.45, 7) is 7.40. The Labute approximate surface area is 166 Å². The third kappa shape index (κ3) is 2.74. The highest BCUT2D eigenvalue weighted by Gasteiger charge is 2.45. The van der Waals surface area contributed by atoms with Crippen molar-refractivity contribution in [3.63, 3.8) is 0 Å². The Balaban J connectivity index is 1.63. The second-order valence-electron chi connectivity index (χ2n) is 8.35. The number of ketones is 1. The van der Waals surface area contributed by atoms with Crippen molar-refractivity contribution in [2.24, 2.45) is 0 Å². The van der Waals surface area contributed by atoms with Crippen molar-refractivity contribution in [3.05, 3.63) is 94.5 Å². The van der Waals surface area contributed by atoms with Crippen molar-refractivity contribution in [1.29, 1.82) is 0 Å². The first-order valence-corrected chi connectivity index (χ1v) is 9.93. The zero-order valence-corrected chi connectivity index (χ0v) is 16.5. The van der Waals surface area contributed by atoms with Crippen molar-refractivity contribution in [2.75, 3.05) is 18.1 Å². The summed E-state index contributed by atoms with van der Waals surface area (Å²) in [7, 11) is 0. The highest BCUT2D eigenvalue weighted by atomic mass is 16.1. The Kier molecular flexibility index (Phi) is 3.88. The fourth-order valence-electron chi connectivity index (χ4n) is 4.92. The quantitative estimate of drug-likeness (QED) is 0.479. The van der Waals surface area contributed by atoms with Crippen LogP contribution in [0.1, 0.15) is 32.6 Å². The summed E-state index contributed by atoms with van der Waals surface area (Å²) in [5, 5.41) is 0. The van der Waals surface area contributed by atoms with E-state index in [1.165, 1.54) is 33.6 Å². The first kappa shape index (κ1) is 17.2. The molecule has 3 aromatic rings. The lowest BCUT2D eigenvalue weighted by atomic mass is 9.95. The number of rotatable bonds is 3. The molecule has 0 unspecified atom stereocenters. The number of carbonyl (C=O) groups excluding carboxylic acids is 1. The molecule has 0 aliphatic carbocycles. The number of Topliss-reactive ketones (excluding diaryl/α,β-unsaturated/α-hetero) is 1. The summed E-state index contributed by atoms with van der Waals surface area (Å²) < 4.78 is 0.680. The maximum absolute atomic E-state index is 13.2. The number of quaternary nitrogens is 1. The average Bonchev–Trinajstić information content (AvgIpc) is 2.68. The van der Waals surface area contributed by atoms with E-state index in [2.05, 4.69) is 55.1 Å². The molecule has 2 aliphatic heterocycles. The molecule has 3 nitrogen and oxygen atoms in total. The van der Waals surface area contributed by atoms with Gasteiger partial charge in [0.1, 0.15) is 18.8 Å². The van der Waals surface area contributed by atoms with Crippen LogP contribution >= 0.6 is 0 Å². The van der Waals surface area contributed by atoms with Gasteiger partial charge in [-0.1, -0.05) is 53.6 Å². The number of anilines is 1. The third-order valence-electron chi connectivity index (χ3n) is 6.14. The molecule has 140 valence electrons. The molecule has 2 heterocycles. The topological polar surface area (TPSA) is 20.3 Å². The van der Waals surface area contributed by atoms with Gasteiger partial charge in [-0.05, 0) is 38.1 Å². The van der Waals surface area contributed by atoms with E-state index in [1.54, 1.807) is 0 Å². The van der Waals surface area contributed by atoms with Crippen LogP contribution in [0, 0.1) is 13.8 Å². The molecule has 0 amide bonds. The molecule has 2 bridgehead atoms. The summed E-state index contributed by atoms with van der Waals surface area (Å²) in [6, 6.07) is 23.2. The summed E-state index contributed by atoms with van der Waals surface area (Å²) in [6.07, 6.45) is 0. The van der Waals surface area contributed by atoms with E-state index in [-0.39, 0.29) is 5.78 Å². The number of hydrogen-bond donors (Lipinski definition) is 0. The lowest BCUT2D eigenvalue weighted by molar-refractivity contribution is 0.0919. The van der Waals surface area contributed by atoms with Gasteiger partial charge in [0.15, 0.2) is 6.67 Å². The van der Waals surface area contributed by atoms with Gasteiger partial charge in [-0.3, -0.25) is 9.28 Å². The van der Waals surface area contributed by atoms with Crippen molar-refractivity contribution < 1.29 is 4.79 Å². The Morgan fingerprint density at radius 3 is 2.43 bits per heavy atom. The summed E-state index contributed by atoms with van der Waals surface area (Å²) in [4.78, 5) is 15.7. The van der Waals surface area contributed by atoms with Crippen LogP contribution in [0.5, 0.6) is 0 Å². The SMILES string of the molecule is Cc1ccc2c(c1)C[N@@+]1(CC(=O)c3ccccc3)CN2Cc2cc(C)ccc21. The first-order valence-electron chi connectivity index (χ1n) is 9.93. The fraction of sp³-hybridized carbons (Fsp3) is 0.240. The number of benzene rings is 3. The molecular formula is C25H25N2O+. The van der Waals surface area contributed by atoms with Crippen LogP contribution in [-0.2, 0) is 13.1 Å². The molecule has 2 aliphatic rings. The van der Waals surface area contributed by atoms with Gasteiger partial charge >= 0.3 is 0 Å². The standard InChI is InChI=1S/C25H25N2O/c1-18-8-10-23-22(13-18)15-27(16-25(28)20-6-4-3-5-7-20)17-26(23)14-21-12-19(2)9-11-24(21)27/h3-13H,14-17H2,1-2H3/q+1/t27-/m1/s1. The number of fused-ring (bicyclic) bond motifs is 6. The smallest absolute Gasteiger partial charge is 0.217 e. The van der Waals surface area contributed by atoms with E-state index in [4.69, 9.17) is 0 Å². The van der Waals surface area contributed by atoms with Crippen LogP contribution in [0.3, 0.4) is 0 Å². The second kappa shape index (κ2) is 6.32. The molecule has 3 heteroatoms. The molecule has 0 radical (unpaired) electrons. The van der Waals surface area contributed by atoms with Crippen LogP contribution in [0.25, 0.3) is 0 Å². The van der Waals surface area contributed by atoms with E-state index in [0.29, 0.717) is 11.0 Å². The summed E-state index contributed by atoms with van der Waals surface area (Å²) in [5.41, 5.74) is 8.67. The highest BCUT2D eigenvalue weighted by molar-refractivity contribution is 5.99. The number of hydrogen-bond acceptors (Lipinski definition) is 2. The second-order valence-corrected chi connectivity index (χ2v) is 8.35. The predicted molar refractivity (Wildman–Crippen MR) is 115 cm³/mol. The molecule has 5 rings (SSSR count). The van der Waals surface area contributed by atoms with Gasteiger partial charge in [-0.15, -0.1) is 0 Å². The van der Waals surface area contributed by atoms with Crippen molar-refractivity contribution in [3.8, 4) is 0 Å². The molecule has 0 saturated heterocycles. The predicted octanol–water partition coefficient (Wildman–Crippen LogP) is 4.98. The monoisotopic (exact) mass is 369 g/mol. The Bertz CT molecular complexity index is 1070. The van der Waals surface area contributed by atoms with Crippen molar-refractivity contribution >= 4 is 17.2 Å². The normalized spacial score (nSPS) is 19.7. The van der Waals surface area contributed by atoms with Crippen molar-refractivity contribution in [1.82, 2.24) is 4.48 Å². The van der Waals surface area contributed by atoms with E-state index in [1.807, 2.05) is 30.3 Å². The van der Waals surface area contributed by atoms with E-state index < -0.39 is 0 Å². The maximum Gasteiger partial charge on any atom is 0.217 e. The van der Waals surface area contributed by atoms with Crippen LogP contribution in [0.4, 0.5) is 11.4 Å². The van der Waals surface area contributed by atoms with E-state index in [9.17, 15) is 4.79 Å². The van der Waals surface area contributed by atoms with Gasteiger partial charge in [0.25, 0.3) is 0 Å². The largest absolute Gasteiger partial charge is 0.320 e. The molecule has 0 saturated carbocycles. The average molecular weight is 369 g/mol. The summed E-state index contributed by atoms with van der Waals surface area (Å²) in [5.74, 6) is 0.213. The number of carbonyl (C=O) groups is 1. The number of aryl methyl sites for hydroxylation is 2. The lowest BCUT2D eigenvalue weighted by Crippen LogP contribution is -2.62. The molecule has 1 atom stereocenters. The Hall–Kier alpha value is -2.91. The van der Waals surface area contributed by atoms with Crippen LogP contribution in [0.15, 0.2) is 66.7 Å². The molecule has 0 N–H and O–H groups in total. The van der Waals surface area contributed by atoms with E-state index >= 15 is 0 Å². The molecule has 0 aromatic heterocycles. The minimum Gasteiger partial charge on any atom is -0.320 e. The van der Waals surface area contributed by atoms with Gasteiger partial charge in [0, 0.05) is 16.7 Å². The molecule has 0 fully saturated rings. The van der Waals surface area contributed by atoms with Crippen LogP contribution in [-0.4, -0.2) is 19.0 Å². The van der Waals surface area contributed by atoms with Gasteiger partial charge < -0.3 is 4.90 Å². The van der Waals surface area contributed by atoms with Crippen LogP contribution in [0.2, 0.25) is 0 Å². The molecule has 28 heavy (non-hydrogen) atoms. The molecule has 0 spiro atoms. The lowest BCUT2D eigenvalue weighted by Gasteiger charge is -2.50. The molecular weight excluding hydrogens is 344 g/mol. The third-order valence-corrected chi connectivity index (χ3v) is 6.14. The van der Waals surface area contributed by atoms with Crippen LogP contribution < -0.4 is 9.38 Å². The van der Waals surface area contributed by atoms with Gasteiger partial charge in [0.2, 0.25) is 5.78 Å². The minimum absolute atomic E-state index is 0.213. The van der Waals surface area contributed by atoms with Gasteiger partial charge in [0.05, 0.1) is 12.2 Å². The Morgan fingerprint density at radius 1 is 0.929 bits per heavy atom.